The summed E-state index contributed by atoms with van der Waals surface area (Å²) in [6, 6.07) is 11.5. The van der Waals surface area contributed by atoms with Crippen LogP contribution in [0.15, 0.2) is 47.5 Å². The number of carboxylic acid groups (broad SMARTS) is 1. The molecule has 3 rings (SSSR count). The third kappa shape index (κ3) is 4.74. The number of amides is 2. The van der Waals surface area contributed by atoms with Crippen molar-refractivity contribution in [3.63, 3.8) is 0 Å². The number of allylic oxidation sites excluding steroid dienone is 2. The van der Waals surface area contributed by atoms with Gasteiger partial charge in [0.1, 0.15) is 5.00 Å². The molecule has 29 heavy (non-hydrogen) atoms. The number of anilines is 1. The number of primary amides is 1. The Morgan fingerprint density at radius 3 is 2.31 bits per heavy atom. The Morgan fingerprint density at radius 1 is 1.10 bits per heavy atom. The van der Waals surface area contributed by atoms with Gasteiger partial charge >= 0.3 is 5.97 Å². The molecule has 7 heteroatoms. The maximum absolute atomic E-state index is 12.9. The average Bonchev–Trinajstić information content (AvgIpc) is 3.06. The number of carbonyl (C=O) groups excluding carboxylic acids is 2. The Morgan fingerprint density at radius 2 is 1.72 bits per heavy atom. The average molecular weight is 413 g/mol. The molecule has 0 saturated carbocycles. The van der Waals surface area contributed by atoms with Crippen LogP contribution in [0.3, 0.4) is 0 Å². The van der Waals surface area contributed by atoms with Crippen LogP contribution in [0.1, 0.15) is 47.5 Å². The molecular formula is C22H24N2O4S. The SMILES string of the molecule is CC1=C(C)C[C@@H](C(=O)O)[C@@H](C(=O)Nc2sc(Cc3ccccc3)cc2C(N)=O)C1. The maximum Gasteiger partial charge on any atom is 0.307 e. The van der Waals surface area contributed by atoms with Crippen LogP contribution in [-0.2, 0) is 16.0 Å². The van der Waals surface area contributed by atoms with Gasteiger partial charge in [0.25, 0.3) is 5.91 Å². The van der Waals surface area contributed by atoms with Crippen molar-refractivity contribution >= 4 is 34.1 Å². The van der Waals surface area contributed by atoms with Crippen LogP contribution >= 0.6 is 11.3 Å². The van der Waals surface area contributed by atoms with E-state index < -0.39 is 23.7 Å². The van der Waals surface area contributed by atoms with Crippen LogP contribution in [0.25, 0.3) is 0 Å². The van der Waals surface area contributed by atoms with Crippen molar-refractivity contribution < 1.29 is 19.5 Å². The molecule has 0 unspecified atom stereocenters. The van der Waals surface area contributed by atoms with Crippen molar-refractivity contribution in [1.82, 2.24) is 0 Å². The summed E-state index contributed by atoms with van der Waals surface area (Å²) in [7, 11) is 0. The van der Waals surface area contributed by atoms with Gasteiger partial charge in [-0.15, -0.1) is 11.3 Å². The molecule has 2 amide bonds. The number of rotatable bonds is 6. The van der Waals surface area contributed by atoms with Gasteiger partial charge in [-0.25, -0.2) is 0 Å². The molecule has 0 bridgehead atoms. The zero-order valence-corrected chi connectivity index (χ0v) is 17.2. The van der Waals surface area contributed by atoms with Crippen molar-refractivity contribution in [3.05, 3.63) is 63.5 Å². The van der Waals surface area contributed by atoms with Gasteiger partial charge in [-0.05, 0) is 38.3 Å². The molecule has 2 aromatic rings. The van der Waals surface area contributed by atoms with Crippen LogP contribution < -0.4 is 11.1 Å². The second kappa shape index (κ2) is 8.61. The minimum Gasteiger partial charge on any atom is -0.481 e. The molecule has 1 aromatic carbocycles. The Labute approximate surface area is 173 Å². The molecule has 152 valence electrons. The first-order chi connectivity index (χ1) is 13.8. The van der Waals surface area contributed by atoms with E-state index in [1.165, 1.54) is 11.3 Å². The summed E-state index contributed by atoms with van der Waals surface area (Å²) >= 11 is 1.29. The lowest BCUT2D eigenvalue weighted by molar-refractivity contribution is -0.146. The van der Waals surface area contributed by atoms with E-state index >= 15 is 0 Å². The topological polar surface area (TPSA) is 109 Å². The van der Waals surface area contributed by atoms with Crippen molar-refractivity contribution in [3.8, 4) is 0 Å². The third-order valence-electron chi connectivity index (χ3n) is 5.43. The normalized spacial score (nSPS) is 19.1. The summed E-state index contributed by atoms with van der Waals surface area (Å²) < 4.78 is 0. The predicted molar refractivity (Wildman–Crippen MR) is 113 cm³/mol. The van der Waals surface area contributed by atoms with E-state index in [9.17, 15) is 19.5 Å². The van der Waals surface area contributed by atoms with Crippen LogP contribution in [0, 0.1) is 11.8 Å². The molecule has 0 aliphatic heterocycles. The molecule has 1 aromatic heterocycles. The number of aliphatic carboxylic acids is 1. The summed E-state index contributed by atoms with van der Waals surface area (Å²) in [5.41, 5.74) is 8.89. The van der Waals surface area contributed by atoms with E-state index in [0.717, 1.165) is 21.6 Å². The smallest absolute Gasteiger partial charge is 0.307 e. The maximum atomic E-state index is 12.9. The molecule has 2 atom stereocenters. The van der Waals surface area contributed by atoms with E-state index in [1.54, 1.807) is 6.07 Å². The first-order valence-corrected chi connectivity index (χ1v) is 10.2. The largest absolute Gasteiger partial charge is 0.481 e. The Hall–Kier alpha value is -2.93. The number of hydrogen-bond acceptors (Lipinski definition) is 4. The predicted octanol–water partition coefficient (Wildman–Crippen LogP) is 3.82. The highest BCUT2D eigenvalue weighted by Gasteiger charge is 2.37. The lowest BCUT2D eigenvalue weighted by atomic mass is 9.76. The van der Waals surface area contributed by atoms with E-state index in [-0.39, 0.29) is 11.5 Å². The summed E-state index contributed by atoms with van der Waals surface area (Å²) in [6.45, 7) is 3.82. The summed E-state index contributed by atoms with van der Waals surface area (Å²) in [5.74, 6) is -3.46. The van der Waals surface area contributed by atoms with Crippen LogP contribution in [0.4, 0.5) is 5.00 Å². The number of carbonyl (C=O) groups is 3. The number of nitrogens with one attached hydrogen (secondary N) is 1. The van der Waals surface area contributed by atoms with Crippen molar-refractivity contribution in [2.24, 2.45) is 17.6 Å². The van der Waals surface area contributed by atoms with Crippen molar-refractivity contribution in [1.29, 1.82) is 0 Å². The van der Waals surface area contributed by atoms with E-state index in [1.807, 2.05) is 44.2 Å². The zero-order valence-electron chi connectivity index (χ0n) is 16.4. The number of carboxylic acids is 1. The van der Waals surface area contributed by atoms with E-state index in [0.29, 0.717) is 24.3 Å². The van der Waals surface area contributed by atoms with Gasteiger partial charge in [0.15, 0.2) is 0 Å². The first kappa shape index (κ1) is 20.8. The number of benzene rings is 1. The zero-order chi connectivity index (χ0) is 21.1. The molecule has 4 N–H and O–H groups in total. The van der Waals surface area contributed by atoms with Gasteiger partial charge in [0.2, 0.25) is 5.91 Å². The molecular weight excluding hydrogens is 388 g/mol. The molecule has 0 fully saturated rings. The number of thiophene rings is 1. The second-order valence-electron chi connectivity index (χ2n) is 7.49. The highest BCUT2D eigenvalue weighted by molar-refractivity contribution is 7.16. The monoisotopic (exact) mass is 412 g/mol. The molecule has 0 saturated heterocycles. The van der Waals surface area contributed by atoms with Crippen molar-refractivity contribution in [2.75, 3.05) is 5.32 Å². The van der Waals surface area contributed by atoms with Crippen LogP contribution in [-0.4, -0.2) is 22.9 Å². The lowest BCUT2D eigenvalue weighted by Gasteiger charge is -2.29. The van der Waals surface area contributed by atoms with Gasteiger partial charge in [0, 0.05) is 11.3 Å². The summed E-state index contributed by atoms with van der Waals surface area (Å²) in [5, 5.41) is 12.7. The lowest BCUT2D eigenvalue weighted by Crippen LogP contribution is -2.36. The quantitative estimate of drug-likeness (QED) is 0.627. The highest BCUT2D eigenvalue weighted by atomic mass is 32.1. The van der Waals surface area contributed by atoms with Gasteiger partial charge in [0.05, 0.1) is 17.4 Å². The van der Waals surface area contributed by atoms with Gasteiger partial charge in [-0.3, -0.25) is 14.4 Å². The van der Waals surface area contributed by atoms with E-state index in [4.69, 9.17) is 5.73 Å². The van der Waals surface area contributed by atoms with Gasteiger partial charge < -0.3 is 16.2 Å². The van der Waals surface area contributed by atoms with Crippen molar-refractivity contribution in [2.45, 2.75) is 33.1 Å². The molecule has 0 spiro atoms. The fraction of sp³-hybridized carbons (Fsp3) is 0.318. The molecule has 6 nitrogen and oxygen atoms in total. The molecule has 1 aliphatic carbocycles. The Bertz CT molecular complexity index is 978. The van der Waals surface area contributed by atoms with Gasteiger partial charge in [-0.2, -0.15) is 0 Å². The summed E-state index contributed by atoms with van der Waals surface area (Å²) in [6.07, 6.45) is 1.36. The Balaban J connectivity index is 1.83. The highest BCUT2D eigenvalue weighted by Crippen LogP contribution is 2.36. The number of nitrogens with two attached hydrogens (primary N) is 1. The fourth-order valence-corrected chi connectivity index (χ4v) is 4.73. The third-order valence-corrected chi connectivity index (χ3v) is 6.48. The molecule has 1 aliphatic rings. The fourth-order valence-electron chi connectivity index (χ4n) is 3.63. The first-order valence-electron chi connectivity index (χ1n) is 9.41. The van der Waals surface area contributed by atoms with Crippen LogP contribution in [0.2, 0.25) is 0 Å². The molecule has 1 heterocycles. The standard InChI is InChI=1S/C22H24N2O4S/c1-12-8-16(17(22(27)28)9-13(12)2)20(26)24-21-18(19(23)25)11-15(29-21)10-14-6-4-3-5-7-14/h3-7,11,16-17H,8-10H2,1-2H3,(H2,23,25)(H,24,26)(H,27,28)/t16-,17+/m0/s1. The van der Waals surface area contributed by atoms with Gasteiger partial charge in [-0.1, -0.05) is 41.5 Å². The van der Waals surface area contributed by atoms with Crippen LogP contribution in [0.5, 0.6) is 0 Å². The van der Waals surface area contributed by atoms with E-state index in [2.05, 4.69) is 5.32 Å². The molecule has 0 radical (unpaired) electrons. The minimum absolute atomic E-state index is 0.250. The summed E-state index contributed by atoms with van der Waals surface area (Å²) in [4.78, 5) is 37.4. The second-order valence-corrected chi connectivity index (χ2v) is 8.63. The number of hydrogen-bond donors (Lipinski definition) is 3. The Kier molecular flexibility index (Phi) is 6.17. The minimum atomic E-state index is -0.983.